The zero-order chi connectivity index (χ0) is 20.7. The molecule has 1 saturated heterocycles. The summed E-state index contributed by atoms with van der Waals surface area (Å²) in [4.78, 5) is 14.6. The molecule has 3 heterocycles. The van der Waals surface area contributed by atoms with E-state index in [4.69, 9.17) is 4.74 Å². The van der Waals surface area contributed by atoms with Crippen LogP contribution >= 0.6 is 0 Å². The van der Waals surface area contributed by atoms with Gasteiger partial charge < -0.3 is 9.64 Å². The van der Waals surface area contributed by atoms with Crippen LogP contribution in [0, 0.1) is 0 Å². The first kappa shape index (κ1) is 19.2. The summed E-state index contributed by atoms with van der Waals surface area (Å²) in [6, 6.07) is 9.91. The van der Waals surface area contributed by atoms with Gasteiger partial charge in [0.2, 0.25) is 10.0 Å². The lowest BCUT2D eigenvalue weighted by atomic mass is 10.0. The fraction of sp³-hybridized carbons (Fsp3) is 0.333. The number of ether oxygens (including phenoxy) is 1. The predicted molar refractivity (Wildman–Crippen MR) is 113 cm³/mol. The van der Waals surface area contributed by atoms with Gasteiger partial charge in [0, 0.05) is 18.7 Å². The van der Waals surface area contributed by atoms with E-state index in [0.29, 0.717) is 46.6 Å². The molecule has 156 valence electrons. The fourth-order valence-electron chi connectivity index (χ4n) is 4.14. The topological polar surface area (TPSA) is 104 Å². The van der Waals surface area contributed by atoms with Gasteiger partial charge in [0.15, 0.2) is 0 Å². The zero-order valence-electron chi connectivity index (χ0n) is 16.3. The van der Waals surface area contributed by atoms with Crippen LogP contribution in [-0.2, 0) is 10.0 Å². The first-order chi connectivity index (χ1) is 14.5. The molecule has 0 radical (unpaired) electrons. The molecule has 3 aromatic rings. The van der Waals surface area contributed by atoms with Gasteiger partial charge in [0.1, 0.15) is 17.2 Å². The summed E-state index contributed by atoms with van der Waals surface area (Å²) in [7, 11) is -3.68. The Morgan fingerprint density at radius 2 is 1.93 bits per heavy atom. The third kappa shape index (κ3) is 3.38. The van der Waals surface area contributed by atoms with E-state index in [0.717, 1.165) is 13.1 Å². The molecule has 30 heavy (non-hydrogen) atoms. The maximum absolute atomic E-state index is 12.9. The minimum atomic E-state index is -3.68. The van der Waals surface area contributed by atoms with Crippen LogP contribution in [0.5, 0.6) is 11.5 Å². The van der Waals surface area contributed by atoms with E-state index in [1.165, 1.54) is 25.3 Å². The standard InChI is InChI=1S/C21H22N4O4S/c26-21-15-5-4-6-18-19(15)20(23-24-21)16-13-14(7-8-17(16)29-18)30(27,28)22-9-12-25-10-2-1-3-11-25/h4-8,13,22H,1-3,9-12H2,(H,24,26). The number of nitrogens with one attached hydrogen (secondary N) is 2. The number of benzene rings is 2. The number of aromatic nitrogens is 2. The Balaban J connectivity index is 1.45. The lowest BCUT2D eigenvalue weighted by molar-refractivity contribution is 0.233. The normalized spacial score (nSPS) is 16.3. The molecule has 0 saturated carbocycles. The van der Waals surface area contributed by atoms with Crippen molar-refractivity contribution in [3.8, 4) is 22.8 Å². The average Bonchev–Trinajstić information content (AvgIpc) is 2.76. The van der Waals surface area contributed by atoms with Crippen molar-refractivity contribution in [2.24, 2.45) is 0 Å². The van der Waals surface area contributed by atoms with Gasteiger partial charge in [-0.3, -0.25) is 4.79 Å². The van der Waals surface area contributed by atoms with Crippen LogP contribution in [0.4, 0.5) is 0 Å². The molecule has 2 N–H and O–H groups in total. The van der Waals surface area contributed by atoms with Gasteiger partial charge in [-0.1, -0.05) is 12.5 Å². The van der Waals surface area contributed by atoms with Crippen LogP contribution in [0.2, 0.25) is 0 Å². The van der Waals surface area contributed by atoms with E-state index < -0.39 is 10.0 Å². The van der Waals surface area contributed by atoms with Crippen molar-refractivity contribution in [2.75, 3.05) is 26.2 Å². The smallest absolute Gasteiger partial charge is 0.272 e. The highest BCUT2D eigenvalue weighted by molar-refractivity contribution is 7.89. The summed E-state index contributed by atoms with van der Waals surface area (Å²) in [5.41, 5.74) is 0.728. The first-order valence-corrected chi connectivity index (χ1v) is 11.6. The summed E-state index contributed by atoms with van der Waals surface area (Å²) in [5.74, 6) is 1.03. The van der Waals surface area contributed by atoms with Crippen molar-refractivity contribution in [3.63, 3.8) is 0 Å². The lowest BCUT2D eigenvalue weighted by Gasteiger charge is -2.26. The number of aromatic amines is 1. The van der Waals surface area contributed by atoms with Crippen molar-refractivity contribution >= 4 is 20.8 Å². The Labute approximate surface area is 173 Å². The average molecular weight is 426 g/mol. The maximum atomic E-state index is 12.9. The summed E-state index contributed by atoms with van der Waals surface area (Å²) in [6.45, 7) is 3.10. The number of rotatable bonds is 5. The van der Waals surface area contributed by atoms with E-state index in [9.17, 15) is 13.2 Å². The minimum Gasteiger partial charge on any atom is -0.456 e. The quantitative estimate of drug-likeness (QED) is 0.508. The van der Waals surface area contributed by atoms with Crippen LogP contribution in [-0.4, -0.2) is 49.7 Å². The third-order valence-electron chi connectivity index (χ3n) is 5.68. The summed E-state index contributed by atoms with van der Waals surface area (Å²) >= 11 is 0. The molecule has 0 aliphatic carbocycles. The van der Waals surface area contributed by atoms with E-state index in [1.807, 2.05) is 0 Å². The van der Waals surface area contributed by atoms with Gasteiger partial charge in [0.05, 0.1) is 15.7 Å². The van der Waals surface area contributed by atoms with Crippen molar-refractivity contribution in [3.05, 3.63) is 46.8 Å². The molecular weight excluding hydrogens is 404 g/mol. The molecule has 2 aliphatic heterocycles. The molecule has 9 heteroatoms. The number of hydrogen-bond acceptors (Lipinski definition) is 6. The Bertz CT molecular complexity index is 1280. The maximum Gasteiger partial charge on any atom is 0.272 e. The van der Waals surface area contributed by atoms with E-state index >= 15 is 0 Å². The van der Waals surface area contributed by atoms with Crippen LogP contribution < -0.4 is 15.0 Å². The number of hydrogen-bond donors (Lipinski definition) is 2. The highest BCUT2D eigenvalue weighted by Crippen LogP contribution is 2.44. The molecule has 2 aliphatic rings. The van der Waals surface area contributed by atoms with Crippen LogP contribution in [0.1, 0.15) is 19.3 Å². The van der Waals surface area contributed by atoms with Gasteiger partial charge in [-0.25, -0.2) is 18.2 Å². The molecule has 5 rings (SSSR count). The monoisotopic (exact) mass is 426 g/mol. The molecule has 0 amide bonds. The highest BCUT2D eigenvalue weighted by Gasteiger charge is 2.25. The van der Waals surface area contributed by atoms with Gasteiger partial charge in [-0.05, 0) is 56.3 Å². The highest BCUT2D eigenvalue weighted by atomic mass is 32.2. The predicted octanol–water partition coefficient (Wildman–Crippen LogP) is 2.46. The lowest BCUT2D eigenvalue weighted by Crippen LogP contribution is -2.37. The molecule has 0 atom stereocenters. The second kappa shape index (κ2) is 7.50. The summed E-state index contributed by atoms with van der Waals surface area (Å²) in [5, 5.41) is 7.72. The number of H-pyrrole nitrogens is 1. The molecule has 8 nitrogen and oxygen atoms in total. The zero-order valence-corrected chi connectivity index (χ0v) is 17.2. The summed E-state index contributed by atoms with van der Waals surface area (Å²) in [6.07, 6.45) is 3.58. The van der Waals surface area contributed by atoms with Crippen LogP contribution in [0.25, 0.3) is 22.0 Å². The Hall–Kier alpha value is -2.75. The Morgan fingerprint density at radius 3 is 2.77 bits per heavy atom. The SMILES string of the molecule is O=c1[nH]nc2c3c(cccc13)Oc1ccc(S(=O)(=O)NCCN3CCCCC3)cc1-2. The first-order valence-electron chi connectivity index (χ1n) is 10.1. The molecular formula is C21H22N4O4S. The van der Waals surface area contributed by atoms with Crippen LogP contribution in [0.15, 0.2) is 46.1 Å². The number of sulfonamides is 1. The second-order valence-corrected chi connectivity index (χ2v) is 9.41. The second-order valence-electron chi connectivity index (χ2n) is 7.64. The number of piperidine rings is 1. The molecule has 1 fully saturated rings. The molecule has 0 unspecified atom stereocenters. The van der Waals surface area contributed by atoms with Crippen molar-refractivity contribution in [1.82, 2.24) is 19.8 Å². The Morgan fingerprint density at radius 1 is 1.10 bits per heavy atom. The van der Waals surface area contributed by atoms with E-state index in [2.05, 4.69) is 19.8 Å². The van der Waals surface area contributed by atoms with Crippen molar-refractivity contribution < 1.29 is 13.2 Å². The number of likely N-dealkylation sites (tertiary alicyclic amines) is 1. The van der Waals surface area contributed by atoms with Crippen LogP contribution in [0.3, 0.4) is 0 Å². The van der Waals surface area contributed by atoms with Crippen molar-refractivity contribution in [1.29, 1.82) is 0 Å². The Kier molecular flexibility index (Phi) is 4.80. The largest absolute Gasteiger partial charge is 0.456 e. The molecule has 0 bridgehead atoms. The molecule has 2 aromatic carbocycles. The van der Waals surface area contributed by atoms with Crippen molar-refractivity contribution in [2.45, 2.75) is 24.2 Å². The minimum absolute atomic E-state index is 0.143. The van der Waals surface area contributed by atoms with E-state index in [1.54, 1.807) is 30.3 Å². The summed E-state index contributed by atoms with van der Waals surface area (Å²) < 4.78 is 34.3. The fourth-order valence-corrected chi connectivity index (χ4v) is 5.19. The third-order valence-corrected chi connectivity index (χ3v) is 7.14. The van der Waals surface area contributed by atoms with Gasteiger partial charge >= 0.3 is 0 Å². The molecule has 1 aromatic heterocycles. The van der Waals surface area contributed by atoms with Gasteiger partial charge in [-0.2, -0.15) is 5.10 Å². The van der Waals surface area contributed by atoms with Gasteiger partial charge in [-0.15, -0.1) is 0 Å². The molecule has 0 spiro atoms. The van der Waals surface area contributed by atoms with Gasteiger partial charge in [0.25, 0.3) is 5.56 Å². The number of nitrogens with zero attached hydrogens (tertiary/aromatic N) is 2. The van der Waals surface area contributed by atoms with E-state index in [-0.39, 0.29) is 10.5 Å². The number of fused-ring (bicyclic) bond motifs is 2.